The number of hydrogen-bond acceptors (Lipinski definition) is 0. The van der Waals surface area contributed by atoms with Gasteiger partial charge in [0, 0.05) is 0 Å². The Labute approximate surface area is 62.9 Å². The zero-order chi connectivity index (χ0) is 7.56. The molecule has 1 aliphatic rings. The highest BCUT2D eigenvalue weighted by atomic mass is 14.1. The topological polar surface area (TPSA) is 0 Å². The van der Waals surface area contributed by atoms with Gasteiger partial charge in [-0.2, -0.15) is 0 Å². The van der Waals surface area contributed by atoms with Gasteiger partial charge in [-0.15, -0.1) is 5.73 Å². The lowest BCUT2D eigenvalue weighted by molar-refractivity contribution is 0.794. The van der Waals surface area contributed by atoms with Crippen LogP contribution in [0.5, 0.6) is 0 Å². The van der Waals surface area contributed by atoms with E-state index in [1.54, 1.807) is 0 Å². The number of hydrogen-bond donors (Lipinski definition) is 0. The predicted molar refractivity (Wildman–Crippen MR) is 44.8 cm³/mol. The van der Waals surface area contributed by atoms with Crippen LogP contribution in [0.15, 0.2) is 29.0 Å². The molecule has 0 heterocycles. The van der Waals surface area contributed by atoms with Crippen molar-refractivity contribution in [2.75, 3.05) is 0 Å². The minimum absolute atomic E-state index is 0.625. The van der Waals surface area contributed by atoms with Gasteiger partial charge in [-0.1, -0.05) is 20.8 Å². The van der Waals surface area contributed by atoms with Gasteiger partial charge in [-0.25, -0.2) is 0 Å². The van der Waals surface area contributed by atoms with Gasteiger partial charge < -0.3 is 0 Å². The van der Waals surface area contributed by atoms with Crippen LogP contribution in [0.3, 0.4) is 0 Å². The van der Waals surface area contributed by atoms with Crippen molar-refractivity contribution in [1.82, 2.24) is 0 Å². The molecule has 0 amide bonds. The summed E-state index contributed by atoms with van der Waals surface area (Å²) in [7, 11) is 0. The second kappa shape index (κ2) is 2.90. The average Bonchev–Trinajstić information content (AvgIpc) is 2.34. The minimum Gasteiger partial charge on any atom is -0.117 e. The summed E-state index contributed by atoms with van der Waals surface area (Å²) in [4.78, 5) is 0. The van der Waals surface area contributed by atoms with Crippen molar-refractivity contribution in [1.29, 1.82) is 0 Å². The lowest BCUT2D eigenvalue weighted by Crippen LogP contribution is -1.86. The number of allylic oxidation sites excluding steroid dienone is 3. The van der Waals surface area contributed by atoms with Gasteiger partial charge in [0.15, 0.2) is 0 Å². The van der Waals surface area contributed by atoms with Crippen LogP contribution >= 0.6 is 0 Å². The molecule has 0 unspecified atom stereocenters. The zero-order valence-electron chi connectivity index (χ0n) is 6.94. The van der Waals surface area contributed by atoms with Crippen LogP contribution in [0.1, 0.15) is 27.2 Å². The lowest BCUT2D eigenvalue weighted by atomic mass is 10.0. The normalized spacial score (nSPS) is 16.0. The summed E-state index contributed by atoms with van der Waals surface area (Å²) in [5.41, 5.74) is 6.01. The standard InChI is InChI=1S/C10H14/c1-4-9-5-6-10(7-9)8(2)3/h5,7-8H,4H2,1-3H3. The van der Waals surface area contributed by atoms with Crippen molar-refractivity contribution < 1.29 is 0 Å². The molecular weight excluding hydrogens is 120 g/mol. The van der Waals surface area contributed by atoms with Crippen LogP contribution in [0.4, 0.5) is 0 Å². The first kappa shape index (κ1) is 7.37. The van der Waals surface area contributed by atoms with Crippen LogP contribution in [-0.2, 0) is 0 Å². The lowest BCUT2D eigenvalue weighted by Gasteiger charge is -1.99. The Morgan fingerprint density at radius 3 is 2.50 bits per heavy atom. The van der Waals surface area contributed by atoms with Crippen molar-refractivity contribution in [3.05, 3.63) is 29.0 Å². The maximum Gasteiger partial charge on any atom is -0.00318 e. The second-order valence-electron chi connectivity index (χ2n) is 2.97. The zero-order valence-corrected chi connectivity index (χ0v) is 6.94. The molecule has 0 bridgehead atoms. The molecule has 0 radical (unpaired) electrons. The van der Waals surface area contributed by atoms with Gasteiger partial charge >= 0.3 is 0 Å². The molecule has 1 aliphatic carbocycles. The maximum absolute atomic E-state index is 3.26. The van der Waals surface area contributed by atoms with Gasteiger partial charge in [-0.3, -0.25) is 0 Å². The van der Waals surface area contributed by atoms with Crippen LogP contribution in [0, 0.1) is 5.92 Å². The fraction of sp³-hybridized carbons (Fsp3) is 0.500. The van der Waals surface area contributed by atoms with Gasteiger partial charge in [-0.05, 0) is 35.6 Å². The van der Waals surface area contributed by atoms with Crippen molar-refractivity contribution >= 4 is 0 Å². The Kier molecular flexibility index (Phi) is 2.13. The van der Waals surface area contributed by atoms with Crippen molar-refractivity contribution in [3.8, 4) is 0 Å². The van der Waals surface area contributed by atoms with E-state index in [1.165, 1.54) is 11.1 Å². The van der Waals surface area contributed by atoms with Crippen LogP contribution in [0.2, 0.25) is 0 Å². The van der Waals surface area contributed by atoms with E-state index in [4.69, 9.17) is 0 Å². The average molecular weight is 134 g/mol. The largest absolute Gasteiger partial charge is 0.117 e. The van der Waals surface area contributed by atoms with Crippen LogP contribution in [0.25, 0.3) is 0 Å². The van der Waals surface area contributed by atoms with E-state index in [0.29, 0.717) is 5.92 Å². The highest BCUT2D eigenvalue weighted by Gasteiger charge is 2.03. The molecule has 0 aliphatic heterocycles. The monoisotopic (exact) mass is 134 g/mol. The molecular formula is C10H14. The van der Waals surface area contributed by atoms with Crippen molar-refractivity contribution in [2.24, 2.45) is 5.92 Å². The quantitative estimate of drug-likeness (QED) is 0.509. The molecule has 0 fully saturated rings. The number of rotatable bonds is 2. The summed E-state index contributed by atoms with van der Waals surface area (Å²) in [6.45, 7) is 6.57. The second-order valence-corrected chi connectivity index (χ2v) is 2.97. The van der Waals surface area contributed by atoms with Crippen molar-refractivity contribution in [3.63, 3.8) is 0 Å². The van der Waals surface area contributed by atoms with E-state index in [0.717, 1.165) is 6.42 Å². The molecule has 0 spiro atoms. The molecule has 0 aromatic rings. The third-order valence-corrected chi connectivity index (χ3v) is 1.80. The van der Waals surface area contributed by atoms with Gasteiger partial charge in [0.25, 0.3) is 0 Å². The molecule has 0 saturated carbocycles. The Morgan fingerprint density at radius 2 is 2.20 bits per heavy atom. The summed E-state index contributed by atoms with van der Waals surface area (Å²) >= 11 is 0. The Morgan fingerprint density at radius 1 is 1.50 bits per heavy atom. The van der Waals surface area contributed by atoms with E-state index in [-0.39, 0.29) is 0 Å². The summed E-state index contributed by atoms with van der Waals surface area (Å²) < 4.78 is 0. The van der Waals surface area contributed by atoms with E-state index < -0.39 is 0 Å². The van der Waals surface area contributed by atoms with E-state index in [1.807, 2.05) is 0 Å². The maximum atomic E-state index is 3.26. The molecule has 0 aromatic carbocycles. The molecule has 0 N–H and O–H groups in total. The SMILES string of the molecule is CCC1=CC(C(C)C)=C=C1. The molecule has 54 valence electrons. The summed E-state index contributed by atoms with van der Waals surface area (Å²) in [5.74, 6) is 0.625. The van der Waals surface area contributed by atoms with Crippen molar-refractivity contribution in [2.45, 2.75) is 27.2 Å². The summed E-state index contributed by atoms with van der Waals surface area (Å²) in [5, 5.41) is 0. The molecule has 1 rings (SSSR count). The Hall–Kier alpha value is -0.740. The molecule has 0 atom stereocenters. The highest BCUT2D eigenvalue weighted by molar-refractivity contribution is 5.37. The fourth-order valence-corrected chi connectivity index (χ4v) is 0.997. The fourth-order valence-electron chi connectivity index (χ4n) is 0.997. The highest BCUT2D eigenvalue weighted by Crippen LogP contribution is 2.19. The smallest absolute Gasteiger partial charge is 0.00318 e. The first-order chi connectivity index (χ1) is 4.74. The van der Waals surface area contributed by atoms with E-state index in [2.05, 4.69) is 38.7 Å². The molecule has 0 saturated heterocycles. The van der Waals surface area contributed by atoms with Crippen LogP contribution in [-0.4, -0.2) is 0 Å². The molecule has 10 heavy (non-hydrogen) atoms. The first-order valence-electron chi connectivity index (χ1n) is 3.91. The predicted octanol–water partition coefficient (Wildman–Crippen LogP) is 3.07. The Balaban J connectivity index is 2.70. The van der Waals surface area contributed by atoms with Gasteiger partial charge in [0.2, 0.25) is 0 Å². The Bertz CT molecular complexity index is 210. The third kappa shape index (κ3) is 1.40. The summed E-state index contributed by atoms with van der Waals surface area (Å²) in [6, 6.07) is 0. The molecule has 0 aromatic heterocycles. The van der Waals surface area contributed by atoms with Gasteiger partial charge in [0.05, 0.1) is 0 Å². The third-order valence-electron chi connectivity index (χ3n) is 1.80. The van der Waals surface area contributed by atoms with Gasteiger partial charge in [0.1, 0.15) is 0 Å². The van der Waals surface area contributed by atoms with Crippen LogP contribution < -0.4 is 0 Å². The summed E-state index contributed by atoms with van der Waals surface area (Å²) in [6.07, 6.45) is 5.46. The van der Waals surface area contributed by atoms with E-state index >= 15 is 0 Å². The minimum atomic E-state index is 0.625. The van der Waals surface area contributed by atoms with E-state index in [9.17, 15) is 0 Å². The first-order valence-corrected chi connectivity index (χ1v) is 3.91. The molecule has 0 heteroatoms. The molecule has 0 nitrogen and oxygen atoms in total.